The molecule has 0 radical (unpaired) electrons. The first-order chi connectivity index (χ1) is 27.8. The van der Waals surface area contributed by atoms with Crippen molar-refractivity contribution in [3.63, 3.8) is 0 Å². The average Bonchev–Trinajstić information content (AvgIpc) is 3.20. The molecular formula is C47H76NO8P. The van der Waals surface area contributed by atoms with E-state index in [2.05, 4.69) is 123 Å². The predicted molar refractivity (Wildman–Crippen MR) is 238 cm³/mol. The number of hydrogen-bond acceptors (Lipinski definition) is 8. The van der Waals surface area contributed by atoms with Crippen LogP contribution in [0.25, 0.3) is 0 Å². The van der Waals surface area contributed by atoms with Crippen LogP contribution in [-0.2, 0) is 32.7 Å². The molecule has 0 aliphatic rings. The Kier molecular flexibility index (Phi) is 39.8. The number of ether oxygens (including phenoxy) is 2. The van der Waals surface area contributed by atoms with Crippen molar-refractivity contribution in [2.24, 2.45) is 5.73 Å². The Morgan fingerprint density at radius 3 is 1.35 bits per heavy atom. The largest absolute Gasteiger partial charge is 0.472 e. The van der Waals surface area contributed by atoms with Gasteiger partial charge in [0.25, 0.3) is 0 Å². The zero-order valence-corrected chi connectivity index (χ0v) is 36.2. The molecule has 0 saturated carbocycles. The summed E-state index contributed by atoms with van der Waals surface area (Å²) in [7, 11) is -4.40. The minimum absolute atomic E-state index is 0.0372. The first-order valence-electron chi connectivity index (χ1n) is 21.4. The molecule has 0 bridgehead atoms. The maximum Gasteiger partial charge on any atom is 0.472 e. The van der Waals surface area contributed by atoms with Crippen molar-refractivity contribution in [2.75, 3.05) is 26.4 Å². The Hall–Kier alpha value is -3.33. The third-order valence-electron chi connectivity index (χ3n) is 8.15. The number of allylic oxidation sites excluding steroid dienone is 18. The van der Waals surface area contributed by atoms with Crippen LogP contribution in [0.15, 0.2) is 109 Å². The maximum absolute atomic E-state index is 12.6. The quantitative estimate of drug-likeness (QED) is 0.0270. The molecule has 3 N–H and O–H groups in total. The van der Waals surface area contributed by atoms with Gasteiger partial charge in [-0.25, -0.2) is 4.57 Å². The van der Waals surface area contributed by atoms with Gasteiger partial charge < -0.3 is 20.1 Å². The van der Waals surface area contributed by atoms with Gasteiger partial charge in [-0.2, -0.15) is 0 Å². The van der Waals surface area contributed by atoms with Crippen LogP contribution in [0.2, 0.25) is 0 Å². The highest BCUT2D eigenvalue weighted by atomic mass is 31.2. The first-order valence-corrected chi connectivity index (χ1v) is 22.9. The van der Waals surface area contributed by atoms with E-state index in [1.165, 1.54) is 0 Å². The van der Waals surface area contributed by atoms with Crippen molar-refractivity contribution in [3.05, 3.63) is 109 Å². The summed E-state index contributed by atoms with van der Waals surface area (Å²) in [6, 6.07) is 0. The van der Waals surface area contributed by atoms with Crippen molar-refractivity contribution in [1.29, 1.82) is 0 Å². The van der Waals surface area contributed by atoms with Gasteiger partial charge in [-0.1, -0.05) is 142 Å². The zero-order chi connectivity index (χ0) is 41.8. The van der Waals surface area contributed by atoms with Crippen LogP contribution in [0, 0.1) is 0 Å². The molecule has 0 saturated heterocycles. The lowest BCUT2D eigenvalue weighted by atomic mass is 10.1. The Morgan fingerprint density at radius 2 is 0.912 bits per heavy atom. The van der Waals surface area contributed by atoms with Gasteiger partial charge in [-0.05, 0) is 96.3 Å². The van der Waals surface area contributed by atoms with E-state index in [0.29, 0.717) is 12.8 Å². The van der Waals surface area contributed by atoms with Crippen molar-refractivity contribution in [2.45, 2.75) is 148 Å². The Balaban J connectivity index is 4.31. The highest BCUT2D eigenvalue weighted by Crippen LogP contribution is 2.43. The molecule has 0 rings (SSSR count). The van der Waals surface area contributed by atoms with Crippen molar-refractivity contribution >= 4 is 19.8 Å². The Bertz CT molecular complexity index is 1290. The number of phosphoric ester groups is 1. The lowest BCUT2D eigenvalue weighted by molar-refractivity contribution is -0.161. The van der Waals surface area contributed by atoms with E-state index in [0.717, 1.165) is 103 Å². The van der Waals surface area contributed by atoms with Crippen LogP contribution in [0.3, 0.4) is 0 Å². The average molecular weight is 814 g/mol. The van der Waals surface area contributed by atoms with Gasteiger partial charge in [0.1, 0.15) is 6.61 Å². The summed E-state index contributed by atoms with van der Waals surface area (Å²) in [5.41, 5.74) is 5.34. The van der Waals surface area contributed by atoms with Crippen LogP contribution in [0.4, 0.5) is 0 Å². The van der Waals surface area contributed by atoms with Gasteiger partial charge in [0, 0.05) is 19.4 Å². The number of nitrogens with two attached hydrogens (primary N) is 1. The lowest BCUT2D eigenvalue weighted by Gasteiger charge is -2.19. The molecule has 0 spiro atoms. The molecule has 9 nitrogen and oxygen atoms in total. The van der Waals surface area contributed by atoms with Crippen LogP contribution < -0.4 is 5.73 Å². The maximum atomic E-state index is 12.6. The fraction of sp³-hybridized carbons (Fsp3) is 0.574. The summed E-state index contributed by atoms with van der Waals surface area (Å²) in [4.78, 5) is 34.9. The van der Waals surface area contributed by atoms with E-state index in [9.17, 15) is 19.0 Å². The molecule has 322 valence electrons. The van der Waals surface area contributed by atoms with Crippen LogP contribution in [0.5, 0.6) is 0 Å². The molecule has 0 aliphatic carbocycles. The van der Waals surface area contributed by atoms with Gasteiger partial charge in [0.2, 0.25) is 0 Å². The highest BCUT2D eigenvalue weighted by molar-refractivity contribution is 7.47. The third kappa shape index (κ3) is 42.1. The number of esters is 2. The molecule has 0 aromatic rings. The number of carbonyl (C=O) groups excluding carboxylic acids is 2. The highest BCUT2D eigenvalue weighted by Gasteiger charge is 2.25. The first kappa shape index (κ1) is 53.7. The zero-order valence-electron chi connectivity index (χ0n) is 35.3. The number of phosphoric acid groups is 1. The molecule has 0 amide bonds. The second-order valence-electron chi connectivity index (χ2n) is 13.4. The molecule has 0 aromatic carbocycles. The molecule has 10 heteroatoms. The molecule has 57 heavy (non-hydrogen) atoms. The van der Waals surface area contributed by atoms with Crippen molar-refractivity contribution < 1.29 is 37.6 Å². The van der Waals surface area contributed by atoms with E-state index < -0.39 is 32.5 Å². The standard InChI is InChI=1S/C47H76NO8P/c1-3-5-7-9-11-13-15-17-19-21-22-24-26-28-30-32-34-36-38-40-47(50)56-45(44-55-57(51,52)54-42-41-48)43-53-46(49)39-37-35-33-31-29-27-25-23-20-18-16-14-12-10-8-6-4-2/h5-8,11-14,17-20,22,24-25,27-28,30,45H,3-4,9-10,15-16,21,23,26,29,31-44,48H2,1-2H3,(H,51,52). The molecule has 0 heterocycles. The van der Waals surface area contributed by atoms with Crippen LogP contribution >= 0.6 is 7.82 Å². The number of rotatable bonds is 38. The lowest BCUT2D eigenvalue weighted by Crippen LogP contribution is -2.29. The fourth-order valence-electron chi connectivity index (χ4n) is 5.06. The number of hydrogen-bond donors (Lipinski definition) is 2. The van der Waals surface area contributed by atoms with E-state index in [1.807, 2.05) is 0 Å². The molecule has 0 fully saturated rings. The Morgan fingerprint density at radius 1 is 0.526 bits per heavy atom. The summed E-state index contributed by atoms with van der Waals surface area (Å²) in [5, 5.41) is 0. The van der Waals surface area contributed by atoms with E-state index in [-0.39, 0.29) is 32.6 Å². The van der Waals surface area contributed by atoms with Gasteiger partial charge in [-0.15, -0.1) is 0 Å². The van der Waals surface area contributed by atoms with Crippen LogP contribution in [0.1, 0.15) is 142 Å². The number of carbonyl (C=O) groups is 2. The van der Waals surface area contributed by atoms with Crippen molar-refractivity contribution in [3.8, 4) is 0 Å². The molecule has 2 unspecified atom stereocenters. The normalized spacial score (nSPS) is 14.4. The molecule has 2 atom stereocenters. The summed E-state index contributed by atoms with van der Waals surface area (Å²) < 4.78 is 32.7. The topological polar surface area (TPSA) is 134 Å². The predicted octanol–water partition coefficient (Wildman–Crippen LogP) is 12.4. The summed E-state index contributed by atoms with van der Waals surface area (Å²) >= 11 is 0. The second-order valence-corrected chi connectivity index (χ2v) is 14.9. The monoisotopic (exact) mass is 814 g/mol. The minimum atomic E-state index is -4.40. The number of unbranched alkanes of at least 4 members (excludes halogenated alkanes) is 7. The van der Waals surface area contributed by atoms with E-state index in [4.69, 9.17) is 24.3 Å². The Labute approximate surface area is 346 Å². The van der Waals surface area contributed by atoms with E-state index in [1.54, 1.807) is 0 Å². The van der Waals surface area contributed by atoms with Gasteiger partial charge in [0.15, 0.2) is 6.10 Å². The van der Waals surface area contributed by atoms with Gasteiger partial charge in [-0.3, -0.25) is 18.6 Å². The van der Waals surface area contributed by atoms with Gasteiger partial charge >= 0.3 is 19.8 Å². The van der Waals surface area contributed by atoms with E-state index >= 15 is 0 Å². The molecule has 0 aliphatic heterocycles. The molecular weight excluding hydrogens is 737 g/mol. The molecule has 0 aromatic heterocycles. The minimum Gasteiger partial charge on any atom is -0.462 e. The smallest absolute Gasteiger partial charge is 0.462 e. The summed E-state index contributed by atoms with van der Waals surface area (Å²) in [6.07, 6.45) is 55.4. The van der Waals surface area contributed by atoms with Crippen molar-refractivity contribution in [1.82, 2.24) is 0 Å². The SMILES string of the molecule is CCC=CCC=CCC=CCC=CCC=CCCCCCC(=O)OC(COC(=O)CCCCCCC=CCC=CCC=CCC=CCC)COP(=O)(O)OCCN. The third-order valence-corrected chi connectivity index (χ3v) is 9.14. The van der Waals surface area contributed by atoms with Gasteiger partial charge in [0.05, 0.1) is 13.2 Å². The fourth-order valence-corrected chi connectivity index (χ4v) is 5.83. The second kappa shape index (κ2) is 42.3. The summed E-state index contributed by atoms with van der Waals surface area (Å²) in [5.74, 6) is -0.907. The van der Waals surface area contributed by atoms with Crippen LogP contribution in [-0.4, -0.2) is 49.3 Å². The summed E-state index contributed by atoms with van der Waals surface area (Å²) in [6.45, 7) is 3.40.